The van der Waals surface area contributed by atoms with Gasteiger partial charge < -0.3 is 18.8 Å². The standard InChI is InChI=1S/C22H23BO4/c1-3-7-17(8-4-1)20-21(18-9-5-2-6-10-18)27-23(26-20)19-11-13-22(14-12-19)24-15-16-25-22/h1-11,20-21H,12-16H2/t20-,21-/m0/s1. The molecule has 5 rings (SSSR count). The zero-order valence-corrected chi connectivity index (χ0v) is 15.3. The summed E-state index contributed by atoms with van der Waals surface area (Å²) >= 11 is 0. The van der Waals surface area contributed by atoms with Gasteiger partial charge in [-0.3, -0.25) is 0 Å². The van der Waals surface area contributed by atoms with E-state index >= 15 is 0 Å². The molecule has 4 nitrogen and oxygen atoms in total. The maximum Gasteiger partial charge on any atom is 0.490 e. The Kier molecular flexibility index (Phi) is 4.62. The SMILES string of the molecule is C1=C(B2O[C@@H](c3ccccc3)[C@H](c3ccccc3)O2)CCC2(C1)OCCO2. The third-order valence-corrected chi connectivity index (χ3v) is 5.66. The lowest BCUT2D eigenvalue weighted by molar-refractivity contribution is -0.161. The van der Waals surface area contributed by atoms with E-state index in [9.17, 15) is 0 Å². The van der Waals surface area contributed by atoms with Crippen LogP contribution in [-0.4, -0.2) is 26.1 Å². The number of hydrogen-bond acceptors (Lipinski definition) is 4. The van der Waals surface area contributed by atoms with Crippen LogP contribution in [-0.2, 0) is 18.8 Å². The molecular weight excluding hydrogens is 339 g/mol. The third kappa shape index (κ3) is 3.36. The van der Waals surface area contributed by atoms with E-state index < -0.39 is 5.79 Å². The minimum atomic E-state index is -0.417. The number of allylic oxidation sites excluding steroid dienone is 1. The highest BCUT2D eigenvalue weighted by Gasteiger charge is 2.46. The molecule has 0 unspecified atom stereocenters. The molecule has 0 saturated carbocycles. The quantitative estimate of drug-likeness (QED) is 0.759. The van der Waals surface area contributed by atoms with Crippen molar-refractivity contribution in [1.29, 1.82) is 0 Å². The Morgan fingerprint density at radius 1 is 0.778 bits per heavy atom. The fraction of sp³-hybridized carbons (Fsp3) is 0.364. The summed E-state index contributed by atoms with van der Waals surface area (Å²) in [6.07, 6.45) is 4.44. The van der Waals surface area contributed by atoms with E-state index in [0.717, 1.165) is 30.4 Å². The molecule has 138 valence electrons. The lowest BCUT2D eigenvalue weighted by Crippen LogP contribution is -2.34. The van der Waals surface area contributed by atoms with Crippen LogP contribution in [0.2, 0.25) is 0 Å². The summed E-state index contributed by atoms with van der Waals surface area (Å²) in [5.74, 6) is -0.417. The number of hydrogen-bond donors (Lipinski definition) is 0. The van der Waals surface area contributed by atoms with Crippen LogP contribution in [0.5, 0.6) is 0 Å². The van der Waals surface area contributed by atoms with E-state index in [4.69, 9.17) is 18.8 Å². The summed E-state index contributed by atoms with van der Waals surface area (Å²) in [5.41, 5.74) is 3.48. The second-order valence-electron chi connectivity index (χ2n) is 7.36. The molecule has 2 aromatic rings. The van der Waals surface area contributed by atoms with Crippen LogP contribution < -0.4 is 0 Å². The first-order valence-electron chi connectivity index (χ1n) is 9.71. The van der Waals surface area contributed by atoms with Crippen molar-refractivity contribution in [1.82, 2.24) is 0 Å². The lowest BCUT2D eigenvalue weighted by atomic mass is 9.71. The summed E-state index contributed by atoms with van der Waals surface area (Å²) in [6, 6.07) is 20.7. The van der Waals surface area contributed by atoms with Crippen molar-refractivity contribution in [2.24, 2.45) is 0 Å². The van der Waals surface area contributed by atoms with Crippen LogP contribution in [0.1, 0.15) is 42.6 Å². The van der Waals surface area contributed by atoms with Crippen molar-refractivity contribution < 1.29 is 18.8 Å². The van der Waals surface area contributed by atoms with Gasteiger partial charge in [0.15, 0.2) is 5.79 Å². The molecule has 3 aliphatic rings. The highest BCUT2D eigenvalue weighted by molar-refractivity contribution is 6.54. The van der Waals surface area contributed by atoms with Crippen LogP contribution in [0, 0.1) is 0 Å². The van der Waals surface area contributed by atoms with E-state index in [2.05, 4.69) is 30.3 Å². The van der Waals surface area contributed by atoms with Gasteiger partial charge in [-0.05, 0) is 23.0 Å². The maximum absolute atomic E-state index is 6.43. The fourth-order valence-corrected chi connectivity index (χ4v) is 4.21. The fourth-order valence-electron chi connectivity index (χ4n) is 4.21. The molecule has 0 amide bonds. The monoisotopic (exact) mass is 362 g/mol. The van der Waals surface area contributed by atoms with E-state index in [1.54, 1.807) is 0 Å². The molecule has 27 heavy (non-hydrogen) atoms. The van der Waals surface area contributed by atoms with Crippen LogP contribution in [0.25, 0.3) is 0 Å². The third-order valence-electron chi connectivity index (χ3n) is 5.66. The second kappa shape index (κ2) is 7.25. The molecule has 1 spiro atoms. The van der Waals surface area contributed by atoms with Gasteiger partial charge in [0.05, 0.1) is 25.4 Å². The summed E-state index contributed by atoms with van der Waals surface area (Å²) in [5, 5.41) is 0. The molecule has 2 heterocycles. The zero-order valence-electron chi connectivity index (χ0n) is 15.3. The molecule has 0 aromatic heterocycles. The van der Waals surface area contributed by atoms with Crippen molar-refractivity contribution in [3.63, 3.8) is 0 Å². The Balaban J connectivity index is 1.40. The first-order chi connectivity index (χ1) is 13.3. The maximum atomic E-state index is 6.43. The van der Waals surface area contributed by atoms with Gasteiger partial charge in [-0.15, -0.1) is 0 Å². The topological polar surface area (TPSA) is 36.9 Å². The predicted molar refractivity (Wildman–Crippen MR) is 103 cm³/mol. The molecule has 1 aliphatic carbocycles. The summed E-state index contributed by atoms with van der Waals surface area (Å²) in [4.78, 5) is 0. The van der Waals surface area contributed by atoms with Gasteiger partial charge in [0, 0.05) is 12.8 Å². The Morgan fingerprint density at radius 2 is 1.33 bits per heavy atom. The molecule has 0 bridgehead atoms. The van der Waals surface area contributed by atoms with Crippen LogP contribution >= 0.6 is 0 Å². The molecule has 2 fully saturated rings. The minimum absolute atomic E-state index is 0.116. The van der Waals surface area contributed by atoms with Crippen LogP contribution in [0.4, 0.5) is 0 Å². The van der Waals surface area contributed by atoms with Gasteiger partial charge in [0.2, 0.25) is 0 Å². The summed E-state index contributed by atoms with van der Waals surface area (Å²) in [7, 11) is -0.320. The van der Waals surface area contributed by atoms with Crippen LogP contribution in [0.15, 0.2) is 72.2 Å². The number of rotatable bonds is 3. The van der Waals surface area contributed by atoms with Gasteiger partial charge in [-0.2, -0.15) is 0 Å². The van der Waals surface area contributed by atoms with Gasteiger partial charge in [-0.25, -0.2) is 0 Å². The molecule has 0 radical (unpaired) electrons. The molecule has 0 N–H and O–H groups in total. The Morgan fingerprint density at radius 3 is 1.81 bits per heavy atom. The first kappa shape index (κ1) is 17.2. The molecule has 2 aromatic carbocycles. The first-order valence-corrected chi connectivity index (χ1v) is 9.71. The smallest absolute Gasteiger partial charge is 0.397 e. The number of benzene rings is 2. The zero-order chi connectivity index (χ0) is 18.1. The second-order valence-corrected chi connectivity index (χ2v) is 7.36. The van der Waals surface area contributed by atoms with Crippen molar-refractivity contribution in [2.75, 3.05) is 13.2 Å². The van der Waals surface area contributed by atoms with Crippen molar-refractivity contribution in [3.8, 4) is 0 Å². The molecule has 5 heteroatoms. The Labute approximate surface area is 160 Å². The minimum Gasteiger partial charge on any atom is -0.397 e. The number of ether oxygens (including phenoxy) is 2. The van der Waals surface area contributed by atoms with Gasteiger partial charge in [0.1, 0.15) is 0 Å². The van der Waals surface area contributed by atoms with Crippen molar-refractivity contribution >= 4 is 7.12 Å². The largest absolute Gasteiger partial charge is 0.490 e. The molecule has 2 atom stereocenters. The van der Waals surface area contributed by atoms with E-state index in [1.165, 1.54) is 5.47 Å². The van der Waals surface area contributed by atoms with Gasteiger partial charge in [-0.1, -0.05) is 66.7 Å². The average Bonchev–Trinajstić information content (AvgIpc) is 3.38. The van der Waals surface area contributed by atoms with Gasteiger partial charge in [0.25, 0.3) is 0 Å². The Hall–Kier alpha value is -1.92. The van der Waals surface area contributed by atoms with E-state index in [1.807, 2.05) is 36.4 Å². The average molecular weight is 362 g/mol. The highest BCUT2D eigenvalue weighted by atomic mass is 16.7. The van der Waals surface area contributed by atoms with E-state index in [0.29, 0.717) is 13.2 Å². The van der Waals surface area contributed by atoms with Crippen molar-refractivity contribution in [2.45, 2.75) is 37.3 Å². The highest BCUT2D eigenvalue weighted by Crippen LogP contribution is 2.45. The lowest BCUT2D eigenvalue weighted by Gasteiger charge is -2.31. The summed E-state index contributed by atoms with van der Waals surface area (Å²) < 4.78 is 24.5. The van der Waals surface area contributed by atoms with Gasteiger partial charge >= 0.3 is 7.12 Å². The predicted octanol–water partition coefficient (Wildman–Crippen LogP) is 4.40. The Bertz CT molecular complexity index is 754. The van der Waals surface area contributed by atoms with E-state index in [-0.39, 0.29) is 19.3 Å². The molecule has 2 aliphatic heterocycles. The van der Waals surface area contributed by atoms with Crippen molar-refractivity contribution in [3.05, 3.63) is 83.3 Å². The molecular formula is C22H23BO4. The molecule has 2 saturated heterocycles. The normalized spacial score (nSPS) is 27.1. The summed E-state index contributed by atoms with van der Waals surface area (Å²) in [6.45, 7) is 1.37. The van der Waals surface area contributed by atoms with Crippen LogP contribution in [0.3, 0.4) is 0 Å².